The number of nitriles is 1. The highest BCUT2D eigenvalue weighted by Crippen LogP contribution is 2.23. The molecule has 0 unspecified atom stereocenters. The van der Waals surface area contributed by atoms with E-state index in [1.54, 1.807) is 18.3 Å². The molecule has 21 heavy (non-hydrogen) atoms. The van der Waals surface area contributed by atoms with E-state index in [0.29, 0.717) is 11.4 Å². The Morgan fingerprint density at radius 1 is 0.810 bits per heavy atom. The summed E-state index contributed by atoms with van der Waals surface area (Å²) in [6, 6.07) is 23.9. The van der Waals surface area contributed by atoms with Crippen molar-refractivity contribution in [1.29, 1.82) is 5.26 Å². The molecule has 1 N–H and O–H groups in total. The van der Waals surface area contributed by atoms with Crippen molar-refractivity contribution in [2.45, 2.75) is 0 Å². The highest BCUT2D eigenvalue weighted by molar-refractivity contribution is 5.68. The molecule has 0 bridgehead atoms. The van der Waals surface area contributed by atoms with Crippen LogP contribution in [0.2, 0.25) is 0 Å². The predicted molar refractivity (Wildman–Crippen MR) is 84.1 cm³/mol. The Labute approximate surface area is 123 Å². The van der Waals surface area contributed by atoms with Crippen molar-refractivity contribution in [2.24, 2.45) is 0 Å². The quantitative estimate of drug-likeness (QED) is 0.769. The van der Waals surface area contributed by atoms with Gasteiger partial charge in [-0.3, -0.25) is 0 Å². The van der Waals surface area contributed by atoms with Crippen molar-refractivity contribution >= 4 is 11.5 Å². The van der Waals surface area contributed by atoms with Gasteiger partial charge < -0.3 is 5.32 Å². The third-order valence-corrected chi connectivity index (χ3v) is 3.18. The molecule has 1 aromatic heterocycles. The molecule has 3 aromatic rings. The molecule has 0 amide bonds. The van der Waals surface area contributed by atoms with Crippen molar-refractivity contribution in [2.75, 3.05) is 5.32 Å². The van der Waals surface area contributed by atoms with Crippen LogP contribution in [0.25, 0.3) is 11.1 Å². The van der Waals surface area contributed by atoms with Crippen LogP contribution in [0.3, 0.4) is 0 Å². The molecule has 0 aliphatic carbocycles. The summed E-state index contributed by atoms with van der Waals surface area (Å²) < 4.78 is 0. The number of hydrogen-bond acceptors (Lipinski definition) is 3. The molecular formula is C18H13N3. The van der Waals surface area contributed by atoms with Crippen molar-refractivity contribution in [3.63, 3.8) is 0 Å². The lowest BCUT2D eigenvalue weighted by Crippen LogP contribution is -1.96. The molecule has 2 aromatic carbocycles. The summed E-state index contributed by atoms with van der Waals surface area (Å²) in [5.74, 6) is 0.576. The molecule has 0 aliphatic heterocycles. The summed E-state index contributed by atoms with van der Waals surface area (Å²) >= 11 is 0. The van der Waals surface area contributed by atoms with Crippen LogP contribution >= 0.6 is 0 Å². The summed E-state index contributed by atoms with van der Waals surface area (Å²) in [7, 11) is 0. The maximum Gasteiger partial charge on any atom is 0.148 e. The van der Waals surface area contributed by atoms with Crippen molar-refractivity contribution < 1.29 is 0 Å². The average Bonchev–Trinajstić information content (AvgIpc) is 2.57. The summed E-state index contributed by atoms with van der Waals surface area (Å²) in [4.78, 5) is 4.19. The van der Waals surface area contributed by atoms with Gasteiger partial charge in [0.25, 0.3) is 0 Å². The molecule has 3 heteroatoms. The van der Waals surface area contributed by atoms with E-state index < -0.39 is 0 Å². The SMILES string of the molecule is N#Cc1cccnc1Nc1ccc(-c2ccccc2)cc1. The number of nitrogens with zero attached hydrogens (tertiary/aromatic N) is 2. The van der Waals surface area contributed by atoms with E-state index in [-0.39, 0.29) is 0 Å². The van der Waals surface area contributed by atoms with Crippen LogP contribution in [-0.2, 0) is 0 Å². The molecule has 0 fully saturated rings. The molecule has 3 nitrogen and oxygen atoms in total. The molecule has 0 atom stereocenters. The summed E-state index contributed by atoms with van der Waals surface area (Å²) in [5, 5.41) is 12.2. The molecule has 0 aliphatic rings. The average molecular weight is 271 g/mol. The number of pyridine rings is 1. The first-order valence-corrected chi connectivity index (χ1v) is 6.64. The van der Waals surface area contributed by atoms with Crippen LogP contribution in [0.5, 0.6) is 0 Å². The Balaban J connectivity index is 1.84. The lowest BCUT2D eigenvalue weighted by molar-refractivity contribution is 1.28. The topological polar surface area (TPSA) is 48.7 Å². The number of aromatic nitrogens is 1. The van der Waals surface area contributed by atoms with Crippen LogP contribution in [0.1, 0.15) is 5.56 Å². The highest BCUT2D eigenvalue weighted by atomic mass is 15.0. The minimum Gasteiger partial charge on any atom is -0.339 e. The summed E-state index contributed by atoms with van der Waals surface area (Å²) in [6.07, 6.45) is 1.67. The summed E-state index contributed by atoms with van der Waals surface area (Å²) in [6.45, 7) is 0. The third kappa shape index (κ3) is 2.90. The number of benzene rings is 2. The fraction of sp³-hybridized carbons (Fsp3) is 0. The zero-order valence-electron chi connectivity index (χ0n) is 11.3. The fourth-order valence-electron chi connectivity index (χ4n) is 2.11. The number of rotatable bonds is 3. The number of anilines is 2. The van der Waals surface area contributed by atoms with E-state index in [4.69, 9.17) is 5.26 Å². The molecule has 1 heterocycles. The first kappa shape index (κ1) is 12.9. The van der Waals surface area contributed by atoms with Crippen LogP contribution in [-0.4, -0.2) is 4.98 Å². The second-order valence-electron chi connectivity index (χ2n) is 4.58. The summed E-state index contributed by atoms with van der Waals surface area (Å²) in [5.41, 5.74) is 3.77. The first-order valence-electron chi connectivity index (χ1n) is 6.64. The largest absolute Gasteiger partial charge is 0.339 e. The number of hydrogen-bond donors (Lipinski definition) is 1. The van der Waals surface area contributed by atoms with Crippen LogP contribution < -0.4 is 5.32 Å². The van der Waals surface area contributed by atoms with E-state index in [1.165, 1.54) is 5.56 Å². The maximum absolute atomic E-state index is 9.06. The van der Waals surface area contributed by atoms with Crippen LogP contribution in [0.15, 0.2) is 72.9 Å². The molecule has 3 rings (SSSR count). The zero-order chi connectivity index (χ0) is 14.5. The van der Waals surface area contributed by atoms with Crippen LogP contribution in [0.4, 0.5) is 11.5 Å². The molecule has 0 saturated heterocycles. The maximum atomic E-state index is 9.06. The lowest BCUT2D eigenvalue weighted by atomic mass is 10.1. The normalized spacial score (nSPS) is 9.86. The van der Waals surface area contributed by atoms with Gasteiger partial charge in [0.1, 0.15) is 11.9 Å². The van der Waals surface area contributed by atoms with Crippen molar-refractivity contribution in [1.82, 2.24) is 4.98 Å². The van der Waals surface area contributed by atoms with Gasteiger partial charge in [0, 0.05) is 11.9 Å². The number of nitrogens with one attached hydrogen (secondary N) is 1. The van der Waals surface area contributed by atoms with Gasteiger partial charge in [0.15, 0.2) is 0 Å². The van der Waals surface area contributed by atoms with Gasteiger partial charge in [-0.1, -0.05) is 42.5 Å². The minimum absolute atomic E-state index is 0.532. The molecule has 100 valence electrons. The molecular weight excluding hydrogens is 258 g/mol. The lowest BCUT2D eigenvalue weighted by Gasteiger charge is -2.08. The van der Waals surface area contributed by atoms with Gasteiger partial charge in [-0.2, -0.15) is 5.26 Å². The Morgan fingerprint density at radius 3 is 2.24 bits per heavy atom. The van der Waals surface area contributed by atoms with Gasteiger partial charge in [-0.25, -0.2) is 4.98 Å². The van der Waals surface area contributed by atoms with Gasteiger partial charge >= 0.3 is 0 Å². The Kier molecular flexibility index (Phi) is 3.62. The van der Waals surface area contributed by atoms with Crippen molar-refractivity contribution in [3.8, 4) is 17.2 Å². The van der Waals surface area contributed by atoms with E-state index in [0.717, 1.165) is 11.3 Å². The smallest absolute Gasteiger partial charge is 0.148 e. The molecule has 0 saturated carbocycles. The predicted octanol–water partition coefficient (Wildman–Crippen LogP) is 4.36. The first-order chi connectivity index (χ1) is 10.4. The second-order valence-corrected chi connectivity index (χ2v) is 4.58. The van der Waals surface area contributed by atoms with Crippen LogP contribution in [0, 0.1) is 11.3 Å². The Hall–Kier alpha value is -3.12. The Morgan fingerprint density at radius 2 is 1.52 bits per heavy atom. The monoisotopic (exact) mass is 271 g/mol. The Bertz CT molecular complexity index is 772. The van der Waals surface area contributed by atoms with Crippen molar-refractivity contribution in [3.05, 3.63) is 78.5 Å². The van der Waals surface area contributed by atoms with Gasteiger partial charge in [-0.05, 0) is 35.4 Å². The fourth-order valence-corrected chi connectivity index (χ4v) is 2.11. The van der Waals surface area contributed by atoms with E-state index in [2.05, 4.69) is 28.5 Å². The van der Waals surface area contributed by atoms with E-state index >= 15 is 0 Å². The van der Waals surface area contributed by atoms with Gasteiger partial charge in [0.05, 0.1) is 5.56 Å². The van der Waals surface area contributed by atoms with E-state index in [9.17, 15) is 0 Å². The molecule has 0 spiro atoms. The highest BCUT2D eigenvalue weighted by Gasteiger charge is 2.03. The molecule has 0 radical (unpaired) electrons. The standard InChI is InChI=1S/C18H13N3/c19-13-16-7-4-12-20-18(16)21-17-10-8-15(9-11-17)14-5-2-1-3-6-14/h1-12H,(H,20,21). The second kappa shape index (κ2) is 5.89. The van der Waals surface area contributed by atoms with Gasteiger partial charge in [-0.15, -0.1) is 0 Å². The zero-order valence-corrected chi connectivity index (χ0v) is 11.3. The van der Waals surface area contributed by atoms with E-state index in [1.807, 2.05) is 42.5 Å². The minimum atomic E-state index is 0.532. The van der Waals surface area contributed by atoms with Gasteiger partial charge in [0.2, 0.25) is 0 Å². The third-order valence-electron chi connectivity index (χ3n) is 3.18.